The molecule has 8 nitrogen and oxygen atoms in total. The highest BCUT2D eigenvalue weighted by atomic mass is 16.5. The quantitative estimate of drug-likeness (QED) is 0.313. The second-order valence-electron chi connectivity index (χ2n) is 7.32. The van der Waals surface area contributed by atoms with Crippen molar-refractivity contribution in [3.63, 3.8) is 0 Å². The van der Waals surface area contributed by atoms with E-state index in [4.69, 9.17) is 8.85 Å². The molecule has 0 radical (unpaired) electrons. The van der Waals surface area contributed by atoms with Crippen LogP contribution in [0.4, 0.5) is 0 Å². The van der Waals surface area contributed by atoms with E-state index in [1.165, 1.54) is 18.2 Å². The Balaban J connectivity index is 1.92. The SMILES string of the molecule is [2H][13C]([2H])([2H])Oc1cccc2c1C(=O)c1c(O)c3c(c(O)c1C2=O)C[C@@](O)(C(O)CO)CC3. The van der Waals surface area contributed by atoms with E-state index in [0.717, 1.165) is 0 Å². The number of carbonyl (C=O) groups excluding carboxylic acids is 2. The van der Waals surface area contributed by atoms with Crippen molar-refractivity contribution < 1.29 is 44.0 Å². The van der Waals surface area contributed by atoms with Gasteiger partial charge in [-0.25, -0.2) is 0 Å². The number of phenols is 2. The van der Waals surface area contributed by atoms with E-state index >= 15 is 0 Å². The maximum absolute atomic E-state index is 13.3. The van der Waals surface area contributed by atoms with E-state index in [1.54, 1.807) is 0 Å². The monoisotopic (exact) mass is 404 g/mol. The molecule has 0 amide bonds. The molecule has 0 saturated heterocycles. The lowest BCUT2D eigenvalue weighted by Gasteiger charge is -2.38. The van der Waals surface area contributed by atoms with Crippen LogP contribution in [0.5, 0.6) is 17.2 Å². The largest absolute Gasteiger partial charge is 0.507 e. The van der Waals surface area contributed by atoms with E-state index in [2.05, 4.69) is 0 Å². The zero-order valence-corrected chi connectivity index (χ0v) is 15.1. The van der Waals surface area contributed by atoms with Gasteiger partial charge in [0.05, 0.1) is 40.0 Å². The number of aliphatic hydroxyl groups excluding tert-OH is 2. The van der Waals surface area contributed by atoms with Gasteiger partial charge in [0, 0.05) is 23.1 Å². The summed E-state index contributed by atoms with van der Waals surface area (Å²) < 4.78 is 26.8. The molecule has 152 valence electrons. The molecule has 4 rings (SSSR count). The summed E-state index contributed by atoms with van der Waals surface area (Å²) in [5.74, 6) is -3.27. The lowest BCUT2D eigenvalue weighted by Crippen LogP contribution is -2.48. The van der Waals surface area contributed by atoms with Gasteiger partial charge in [-0.2, -0.15) is 0 Å². The maximum atomic E-state index is 13.3. The molecule has 0 heterocycles. The van der Waals surface area contributed by atoms with Crippen LogP contribution in [0.1, 0.15) is 53.5 Å². The number of rotatable bonds is 3. The Labute approximate surface area is 169 Å². The van der Waals surface area contributed by atoms with Gasteiger partial charge in [0.2, 0.25) is 5.78 Å². The number of aromatic hydroxyl groups is 2. The third kappa shape index (κ3) is 2.57. The molecule has 8 heteroatoms. The zero-order valence-electron chi connectivity index (χ0n) is 18.1. The van der Waals surface area contributed by atoms with Crippen molar-refractivity contribution in [1.29, 1.82) is 0 Å². The number of benzene rings is 2. The van der Waals surface area contributed by atoms with Gasteiger partial charge >= 0.3 is 0 Å². The minimum absolute atomic E-state index is 0.0120. The van der Waals surface area contributed by atoms with Gasteiger partial charge < -0.3 is 30.3 Å². The van der Waals surface area contributed by atoms with Gasteiger partial charge in [0.25, 0.3) is 0 Å². The predicted molar refractivity (Wildman–Crippen MR) is 99.7 cm³/mol. The Bertz CT molecular complexity index is 1160. The van der Waals surface area contributed by atoms with Crippen molar-refractivity contribution in [2.24, 2.45) is 0 Å². The minimum Gasteiger partial charge on any atom is -0.507 e. The number of ether oxygens (including phenoxy) is 1. The molecule has 5 N–H and O–H groups in total. The Kier molecular flexibility index (Phi) is 3.60. The fraction of sp³-hybridized carbons (Fsp3) is 0.333. The third-order valence-corrected chi connectivity index (χ3v) is 5.81. The van der Waals surface area contributed by atoms with Crippen LogP contribution in [0.3, 0.4) is 0 Å². The van der Waals surface area contributed by atoms with Crippen molar-refractivity contribution >= 4 is 11.6 Å². The average molecular weight is 404 g/mol. The van der Waals surface area contributed by atoms with E-state index in [1.807, 2.05) is 0 Å². The zero-order chi connectivity index (χ0) is 23.6. The molecule has 2 atom stereocenters. The van der Waals surface area contributed by atoms with E-state index in [9.17, 15) is 35.1 Å². The minimum atomic E-state index is -2.89. The van der Waals surface area contributed by atoms with Crippen molar-refractivity contribution in [3.05, 3.63) is 51.6 Å². The molecule has 2 aliphatic carbocycles. The summed E-state index contributed by atoms with van der Waals surface area (Å²) in [6.45, 7) is -0.736. The standard InChI is InChI=1S/C21H20O8/c1-29-12-4-2-3-10-14(12)20(27)16-15(18(10)25)19(26)11-7-21(28,13(23)8-22)6-5-9(11)17(16)24/h2-4,13,22-24,26,28H,5-8H2,1H3/t13?,21-/m1/s1/i1+1D3. The molecule has 2 aromatic carbocycles. The van der Waals surface area contributed by atoms with Crippen LogP contribution in [0.2, 0.25) is 0 Å². The van der Waals surface area contributed by atoms with E-state index in [0.29, 0.717) is 0 Å². The normalized spacial score (nSPS) is 23.2. The lowest BCUT2D eigenvalue weighted by molar-refractivity contribution is -0.102. The molecule has 0 spiro atoms. The number of hydrogen-bond donors (Lipinski definition) is 5. The van der Waals surface area contributed by atoms with Crippen LogP contribution < -0.4 is 4.74 Å². The highest BCUT2D eigenvalue weighted by molar-refractivity contribution is 6.31. The first-order valence-corrected chi connectivity index (χ1v) is 8.92. The van der Waals surface area contributed by atoms with Gasteiger partial charge in [-0.1, -0.05) is 12.1 Å². The molecule has 0 bridgehead atoms. The Morgan fingerprint density at radius 3 is 2.52 bits per heavy atom. The van der Waals surface area contributed by atoms with Crippen molar-refractivity contribution in [2.75, 3.05) is 13.6 Å². The summed E-state index contributed by atoms with van der Waals surface area (Å²) >= 11 is 0. The Hall–Kier alpha value is -2.94. The molecule has 1 unspecified atom stereocenters. The van der Waals surface area contributed by atoms with Crippen molar-refractivity contribution in [3.8, 4) is 17.2 Å². The smallest absolute Gasteiger partial charge is 0.202 e. The van der Waals surface area contributed by atoms with Gasteiger partial charge in [0.1, 0.15) is 23.4 Å². The van der Waals surface area contributed by atoms with Gasteiger partial charge in [-0.15, -0.1) is 0 Å². The first kappa shape index (κ1) is 15.9. The number of aliphatic hydroxyl groups is 3. The fourth-order valence-electron chi connectivity index (χ4n) is 4.22. The first-order valence-electron chi connectivity index (χ1n) is 10.4. The summed E-state index contributed by atoms with van der Waals surface area (Å²) in [6.07, 6.45) is -2.03. The number of ketones is 2. The summed E-state index contributed by atoms with van der Waals surface area (Å²) in [6, 6.07) is 3.81. The summed E-state index contributed by atoms with van der Waals surface area (Å²) in [5, 5.41) is 51.7. The third-order valence-electron chi connectivity index (χ3n) is 5.81. The molecule has 0 aromatic heterocycles. The Morgan fingerprint density at radius 2 is 1.83 bits per heavy atom. The average Bonchev–Trinajstić information content (AvgIpc) is 2.72. The molecule has 0 saturated carbocycles. The summed E-state index contributed by atoms with van der Waals surface area (Å²) in [7, 11) is -2.89. The molecule has 0 aliphatic heterocycles. The van der Waals surface area contributed by atoms with Crippen LogP contribution in [0.15, 0.2) is 18.2 Å². The lowest BCUT2D eigenvalue weighted by atomic mass is 9.72. The first-order chi connectivity index (χ1) is 14.9. The van der Waals surface area contributed by atoms with E-state index in [-0.39, 0.29) is 47.3 Å². The highest BCUT2D eigenvalue weighted by Crippen LogP contribution is 2.48. The number of phenolic OH excluding ortho intramolecular Hbond substituents is 2. The topological polar surface area (TPSA) is 145 Å². The van der Waals surface area contributed by atoms with Crippen LogP contribution in [0.25, 0.3) is 0 Å². The van der Waals surface area contributed by atoms with Crippen LogP contribution >= 0.6 is 0 Å². The second kappa shape index (κ2) is 6.55. The second-order valence-corrected chi connectivity index (χ2v) is 7.32. The van der Waals surface area contributed by atoms with Crippen LogP contribution in [-0.2, 0) is 12.8 Å². The molecule has 29 heavy (non-hydrogen) atoms. The van der Waals surface area contributed by atoms with Crippen molar-refractivity contribution in [1.82, 2.24) is 0 Å². The number of methoxy groups -OCH3 is 1. The fourth-order valence-corrected chi connectivity index (χ4v) is 4.22. The molecule has 2 aromatic rings. The number of fused-ring (bicyclic) bond motifs is 3. The summed E-state index contributed by atoms with van der Waals surface area (Å²) in [5.41, 5.74) is -3.20. The van der Waals surface area contributed by atoms with Gasteiger partial charge in [0.15, 0.2) is 5.78 Å². The molecular weight excluding hydrogens is 381 g/mol. The van der Waals surface area contributed by atoms with Gasteiger partial charge in [-0.05, 0) is 18.9 Å². The number of carbonyl (C=O) groups is 2. The van der Waals surface area contributed by atoms with Gasteiger partial charge in [-0.3, -0.25) is 9.59 Å². The van der Waals surface area contributed by atoms with E-state index < -0.39 is 59.5 Å². The predicted octanol–water partition coefficient (Wildman–Crippen LogP) is 0.455. The Morgan fingerprint density at radius 1 is 1.14 bits per heavy atom. The molecular formula is C21H20O8. The highest BCUT2D eigenvalue weighted by Gasteiger charge is 2.45. The summed E-state index contributed by atoms with van der Waals surface area (Å²) in [4.78, 5) is 26.5. The van der Waals surface area contributed by atoms with Crippen LogP contribution in [-0.4, -0.2) is 62.4 Å². The van der Waals surface area contributed by atoms with Crippen LogP contribution in [0, 0.1) is 0 Å². The van der Waals surface area contributed by atoms with Crippen molar-refractivity contribution in [2.45, 2.75) is 31.0 Å². The molecule has 0 fully saturated rings. The number of hydrogen-bond acceptors (Lipinski definition) is 8. The molecule has 2 aliphatic rings. The maximum Gasteiger partial charge on any atom is 0.202 e.